The van der Waals surface area contributed by atoms with Crippen LogP contribution in [0.2, 0.25) is 0 Å². The second-order valence-corrected chi connectivity index (χ2v) is 7.70. The van der Waals surface area contributed by atoms with Crippen molar-refractivity contribution >= 4 is 11.9 Å². The number of nitrogens with one attached hydrogen (secondary N) is 1. The highest BCUT2D eigenvalue weighted by Gasteiger charge is 2.24. The van der Waals surface area contributed by atoms with Crippen molar-refractivity contribution in [3.05, 3.63) is 47.9 Å². The molecule has 1 atom stereocenters. The summed E-state index contributed by atoms with van der Waals surface area (Å²) >= 11 is 0. The molecule has 0 aliphatic carbocycles. The molecule has 0 radical (unpaired) electrons. The molecular weight excluding hydrogens is 376 g/mol. The summed E-state index contributed by atoms with van der Waals surface area (Å²) in [5, 5.41) is 11.8. The minimum Gasteiger partial charge on any atom is -0.494 e. The van der Waals surface area contributed by atoms with E-state index in [1.54, 1.807) is 24.3 Å². The van der Waals surface area contributed by atoms with Gasteiger partial charge in [-0.05, 0) is 43.3 Å². The van der Waals surface area contributed by atoms with Crippen molar-refractivity contribution in [3.63, 3.8) is 0 Å². The molecule has 8 heteroatoms. The van der Waals surface area contributed by atoms with Gasteiger partial charge in [0.25, 0.3) is 5.91 Å². The van der Waals surface area contributed by atoms with E-state index in [4.69, 9.17) is 19.0 Å². The largest absolute Gasteiger partial charge is 0.494 e. The fourth-order valence-electron chi connectivity index (χ4n) is 2.82. The van der Waals surface area contributed by atoms with Gasteiger partial charge in [-0.15, -0.1) is 0 Å². The molecule has 0 aliphatic rings. The third-order valence-corrected chi connectivity index (χ3v) is 3.93. The average Bonchev–Trinajstić information content (AvgIpc) is 3.08. The Morgan fingerprint density at radius 1 is 1.07 bits per heavy atom. The summed E-state index contributed by atoms with van der Waals surface area (Å²) in [4.78, 5) is 23.5. The van der Waals surface area contributed by atoms with Gasteiger partial charge < -0.3 is 28.8 Å². The Bertz CT molecular complexity index is 807. The average molecular weight is 405 g/mol. The molecule has 0 saturated heterocycles. The smallest absolute Gasteiger partial charge is 0.305 e. The zero-order valence-electron chi connectivity index (χ0n) is 17.3. The number of carbonyl (C=O) groups excluding carboxylic acids is 1. The molecule has 0 saturated carbocycles. The normalized spacial score (nSPS) is 12.3. The van der Waals surface area contributed by atoms with E-state index in [1.807, 2.05) is 40.2 Å². The third kappa shape index (κ3) is 7.87. The van der Waals surface area contributed by atoms with E-state index in [0.717, 1.165) is 5.75 Å². The van der Waals surface area contributed by atoms with Crippen LogP contribution in [0.1, 0.15) is 29.7 Å². The molecule has 0 fully saturated rings. The van der Waals surface area contributed by atoms with Crippen molar-refractivity contribution in [2.45, 2.75) is 26.0 Å². The number of carbonyl (C=O) groups is 2. The van der Waals surface area contributed by atoms with Gasteiger partial charge in [0.2, 0.25) is 0 Å². The summed E-state index contributed by atoms with van der Waals surface area (Å²) < 4.78 is 17.1. The van der Waals surface area contributed by atoms with Crippen LogP contribution in [-0.2, 0) is 11.4 Å². The number of rotatable bonds is 11. The summed E-state index contributed by atoms with van der Waals surface area (Å²) in [6.07, 6.45) is -0.157. The van der Waals surface area contributed by atoms with E-state index >= 15 is 0 Å². The Kier molecular flexibility index (Phi) is 7.67. The first-order chi connectivity index (χ1) is 13.7. The monoisotopic (exact) mass is 405 g/mol. The first kappa shape index (κ1) is 22.3. The topological polar surface area (TPSA) is 98.0 Å². The van der Waals surface area contributed by atoms with Gasteiger partial charge in [-0.3, -0.25) is 9.59 Å². The molecule has 2 N–H and O–H groups in total. The molecule has 2 aromatic rings. The van der Waals surface area contributed by atoms with Gasteiger partial charge in [-0.25, -0.2) is 0 Å². The summed E-state index contributed by atoms with van der Waals surface area (Å²) in [6, 6.07) is 9.93. The number of aliphatic carboxylic acids is 1. The Morgan fingerprint density at radius 3 is 2.24 bits per heavy atom. The number of hydrogen-bond donors (Lipinski definition) is 2. The van der Waals surface area contributed by atoms with Crippen molar-refractivity contribution in [2.75, 3.05) is 34.3 Å². The number of quaternary nitrogens is 1. The lowest BCUT2D eigenvalue weighted by atomic mass is 10.2. The number of amides is 1. The minimum absolute atomic E-state index is 0.118. The van der Waals surface area contributed by atoms with Crippen LogP contribution in [0, 0.1) is 0 Å². The van der Waals surface area contributed by atoms with E-state index in [0.29, 0.717) is 29.1 Å². The molecule has 2 rings (SSSR count). The van der Waals surface area contributed by atoms with Crippen LogP contribution in [0.3, 0.4) is 0 Å². The van der Waals surface area contributed by atoms with Crippen LogP contribution in [0.25, 0.3) is 0 Å². The second-order valence-electron chi connectivity index (χ2n) is 7.70. The van der Waals surface area contributed by atoms with Gasteiger partial charge in [0.05, 0.1) is 46.8 Å². The summed E-state index contributed by atoms with van der Waals surface area (Å²) in [5.74, 6) is 0.615. The molecule has 1 unspecified atom stereocenters. The van der Waals surface area contributed by atoms with Gasteiger partial charge in [-0.1, -0.05) is 0 Å². The van der Waals surface area contributed by atoms with Crippen molar-refractivity contribution in [3.8, 4) is 11.5 Å². The van der Waals surface area contributed by atoms with Gasteiger partial charge in [0.1, 0.15) is 23.9 Å². The molecule has 0 bridgehead atoms. The molecule has 158 valence electrons. The highest BCUT2D eigenvalue weighted by molar-refractivity contribution is 5.92. The number of carboxylic acids is 1. The number of nitrogens with zero attached hydrogens (tertiary/aromatic N) is 1. The summed E-state index contributed by atoms with van der Waals surface area (Å²) in [7, 11) is 5.80. The summed E-state index contributed by atoms with van der Waals surface area (Å²) in [6.45, 7) is 3.16. The van der Waals surface area contributed by atoms with Crippen molar-refractivity contribution in [2.24, 2.45) is 0 Å². The SMILES string of the molecule is CCOc1ccc(OCc2ccc(C(=O)NC(CC(=O)O)C[N+](C)(C)C)o2)cc1. The molecule has 0 spiro atoms. The first-order valence-electron chi connectivity index (χ1n) is 9.44. The standard InChI is InChI=1S/C21H28N2O6/c1-5-27-16-6-8-17(9-7-16)28-14-18-10-11-19(29-18)21(26)22-15(12-20(24)25)13-23(2,3)4/h6-11,15H,5,12-14H2,1-4H3,(H-,22,24,25,26)/p+1. The van der Waals surface area contributed by atoms with E-state index in [9.17, 15) is 9.59 Å². The maximum absolute atomic E-state index is 12.4. The van der Waals surface area contributed by atoms with E-state index < -0.39 is 17.9 Å². The van der Waals surface area contributed by atoms with Crippen molar-refractivity contribution in [1.82, 2.24) is 5.32 Å². The number of likely N-dealkylation sites (N-methyl/N-ethyl adjacent to an activating group) is 1. The van der Waals surface area contributed by atoms with Crippen LogP contribution in [0.4, 0.5) is 0 Å². The molecule has 8 nitrogen and oxygen atoms in total. The first-order valence-corrected chi connectivity index (χ1v) is 9.44. The zero-order chi connectivity index (χ0) is 21.4. The molecular formula is C21H29N2O6+. The number of hydrogen-bond acceptors (Lipinski definition) is 5. The van der Waals surface area contributed by atoms with E-state index in [2.05, 4.69) is 5.32 Å². The molecule has 29 heavy (non-hydrogen) atoms. The molecule has 0 aliphatic heterocycles. The number of carboxylic acid groups (broad SMARTS) is 1. The molecule has 1 heterocycles. The van der Waals surface area contributed by atoms with Gasteiger partial charge >= 0.3 is 5.97 Å². The Balaban J connectivity index is 1.93. The maximum Gasteiger partial charge on any atom is 0.305 e. The van der Waals surface area contributed by atoms with Gasteiger partial charge in [0.15, 0.2) is 5.76 Å². The Labute approximate surface area is 170 Å². The quantitative estimate of drug-likeness (QED) is 0.558. The predicted octanol–water partition coefficient (Wildman–Crippen LogP) is 2.54. The predicted molar refractivity (Wildman–Crippen MR) is 107 cm³/mol. The van der Waals surface area contributed by atoms with Crippen molar-refractivity contribution < 1.29 is 33.1 Å². The molecule has 1 aromatic carbocycles. The highest BCUT2D eigenvalue weighted by atomic mass is 16.5. The lowest BCUT2D eigenvalue weighted by Gasteiger charge is -2.28. The van der Waals surface area contributed by atoms with Crippen LogP contribution < -0.4 is 14.8 Å². The fourth-order valence-corrected chi connectivity index (χ4v) is 2.82. The van der Waals surface area contributed by atoms with Crippen LogP contribution in [0.5, 0.6) is 11.5 Å². The fraction of sp³-hybridized carbons (Fsp3) is 0.429. The maximum atomic E-state index is 12.4. The van der Waals surface area contributed by atoms with Crippen molar-refractivity contribution in [1.29, 1.82) is 0 Å². The van der Waals surface area contributed by atoms with Gasteiger partial charge in [-0.2, -0.15) is 0 Å². The van der Waals surface area contributed by atoms with Crippen LogP contribution in [0.15, 0.2) is 40.8 Å². The number of benzene rings is 1. The third-order valence-electron chi connectivity index (χ3n) is 3.93. The summed E-state index contributed by atoms with van der Waals surface area (Å²) in [5.41, 5.74) is 0. The van der Waals surface area contributed by atoms with Gasteiger partial charge in [0, 0.05) is 0 Å². The lowest BCUT2D eigenvalue weighted by Crippen LogP contribution is -2.49. The minimum atomic E-state index is -0.965. The van der Waals surface area contributed by atoms with Crippen LogP contribution in [-0.4, -0.2) is 61.8 Å². The lowest BCUT2D eigenvalue weighted by molar-refractivity contribution is -0.871. The second kappa shape index (κ2) is 9.97. The van der Waals surface area contributed by atoms with E-state index in [1.165, 1.54) is 0 Å². The number of furan rings is 1. The van der Waals surface area contributed by atoms with Crippen LogP contribution >= 0.6 is 0 Å². The zero-order valence-corrected chi connectivity index (χ0v) is 17.3. The Morgan fingerprint density at radius 2 is 1.69 bits per heavy atom. The number of ether oxygens (including phenoxy) is 2. The Hall–Kier alpha value is -3.00. The molecule has 1 aromatic heterocycles. The van der Waals surface area contributed by atoms with E-state index in [-0.39, 0.29) is 18.8 Å². The molecule has 1 amide bonds. The highest BCUT2D eigenvalue weighted by Crippen LogP contribution is 2.19.